The molecule has 2 heteroatoms. The summed E-state index contributed by atoms with van der Waals surface area (Å²) in [5, 5.41) is 3.38. The van der Waals surface area contributed by atoms with Crippen molar-refractivity contribution >= 4 is 0 Å². The zero-order valence-electron chi connectivity index (χ0n) is 8.68. The summed E-state index contributed by atoms with van der Waals surface area (Å²) in [6.07, 6.45) is 4.08. The Morgan fingerprint density at radius 2 is 2.00 bits per heavy atom. The van der Waals surface area contributed by atoms with Gasteiger partial charge in [-0.15, -0.1) is 0 Å². The first kappa shape index (κ1) is 10.0. The van der Waals surface area contributed by atoms with Gasteiger partial charge in [0.15, 0.2) is 0 Å². The largest absolute Gasteiger partial charge is 0.381 e. The lowest BCUT2D eigenvalue weighted by Gasteiger charge is -2.55. The topological polar surface area (TPSA) is 21.3 Å². The van der Waals surface area contributed by atoms with E-state index in [2.05, 4.69) is 26.2 Å². The van der Waals surface area contributed by atoms with Gasteiger partial charge in [-0.25, -0.2) is 0 Å². The summed E-state index contributed by atoms with van der Waals surface area (Å²) in [6.45, 7) is 4.53. The molecule has 0 aromatic carbocycles. The maximum Gasteiger partial charge on any atom is 0.0657 e. The van der Waals surface area contributed by atoms with Gasteiger partial charge in [0.2, 0.25) is 0 Å². The Labute approximate surface area is 75.7 Å². The minimum atomic E-state index is 0.406. The molecule has 1 rings (SSSR count). The summed E-state index contributed by atoms with van der Waals surface area (Å²) >= 11 is 0. The lowest BCUT2D eigenvalue weighted by Crippen LogP contribution is -2.62. The second-order valence-corrected chi connectivity index (χ2v) is 3.74. The van der Waals surface area contributed by atoms with E-state index in [1.54, 1.807) is 0 Å². The molecule has 0 aromatic heterocycles. The molecule has 0 aromatic rings. The Bertz CT molecular complexity index is 131. The van der Waals surface area contributed by atoms with E-state index in [-0.39, 0.29) is 0 Å². The van der Waals surface area contributed by atoms with E-state index in [9.17, 15) is 0 Å². The summed E-state index contributed by atoms with van der Waals surface area (Å²) in [7, 11) is 3.88. The lowest BCUT2D eigenvalue weighted by molar-refractivity contribution is -0.121. The standard InChI is InChI=1S/C10H21NO/c1-5-10(6-2)8(11-3)7-9(10)12-4/h8-9,11H,5-7H2,1-4H3/t8-,9-/m1/s1. The third-order valence-corrected chi connectivity index (χ3v) is 3.73. The molecule has 1 fully saturated rings. The molecular formula is C10H21NO. The highest BCUT2D eigenvalue weighted by molar-refractivity contribution is 5.05. The van der Waals surface area contributed by atoms with E-state index in [1.165, 1.54) is 19.3 Å². The summed E-state index contributed by atoms with van der Waals surface area (Å²) in [6, 6.07) is 0.664. The van der Waals surface area contributed by atoms with Crippen LogP contribution in [0, 0.1) is 5.41 Å². The molecule has 0 spiro atoms. The monoisotopic (exact) mass is 171 g/mol. The van der Waals surface area contributed by atoms with Crippen molar-refractivity contribution in [1.29, 1.82) is 0 Å². The van der Waals surface area contributed by atoms with Gasteiger partial charge in [0.1, 0.15) is 0 Å². The molecule has 2 nitrogen and oxygen atoms in total. The Balaban J connectivity index is 2.65. The van der Waals surface area contributed by atoms with Crippen LogP contribution in [-0.2, 0) is 4.74 Å². The Morgan fingerprint density at radius 1 is 1.42 bits per heavy atom. The molecular weight excluding hydrogens is 150 g/mol. The normalized spacial score (nSPS) is 33.0. The molecule has 1 N–H and O–H groups in total. The van der Waals surface area contributed by atoms with Crippen molar-refractivity contribution in [2.45, 2.75) is 45.3 Å². The fourth-order valence-corrected chi connectivity index (χ4v) is 2.68. The van der Waals surface area contributed by atoms with Gasteiger partial charge < -0.3 is 10.1 Å². The summed E-state index contributed by atoms with van der Waals surface area (Å²) in [5.41, 5.74) is 0.406. The zero-order valence-corrected chi connectivity index (χ0v) is 8.68. The van der Waals surface area contributed by atoms with Crippen LogP contribution < -0.4 is 5.32 Å². The average Bonchev–Trinajstić information content (AvgIpc) is 2.07. The van der Waals surface area contributed by atoms with Crippen LogP contribution in [-0.4, -0.2) is 26.3 Å². The van der Waals surface area contributed by atoms with Gasteiger partial charge in [0, 0.05) is 18.6 Å². The minimum Gasteiger partial charge on any atom is -0.381 e. The molecule has 0 amide bonds. The molecule has 0 bridgehead atoms. The average molecular weight is 171 g/mol. The first-order valence-electron chi connectivity index (χ1n) is 4.95. The lowest BCUT2D eigenvalue weighted by atomic mass is 9.59. The van der Waals surface area contributed by atoms with Crippen LogP contribution in [0.4, 0.5) is 0 Å². The quantitative estimate of drug-likeness (QED) is 0.696. The van der Waals surface area contributed by atoms with Crippen molar-refractivity contribution in [1.82, 2.24) is 5.32 Å². The van der Waals surface area contributed by atoms with Crippen LogP contribution in [0.5, 0.6) is 0 Å². The van der Waals surface area contributed by atoms with E-state index in [0.717, 1.165) is 0 Å². The van der Waals surface area contributed by atoms with E-state index in [0.29, 0.717) is 17.6 Å². The van der Waals surface area contributed by atoms with Gasteiger partial charge in [-0.1, -0.05) is 13.8 Å². The molecule has 1 aliphatic rings. The van der Waals surface area contributed by atoms with Crippen molar-refractivity contribution in [3.63, 3.8) is 0 Å². The summed E-state index contributed by atoms with van der Waals surface area (Å²) in [4.78, 5) is 0. The van der Waals surface area contributed by atoms with Crippen LogP contribution in [0.15, 0.2) is 0 Å². The highest BCUT2D eigenvalue weighted by atomic mass is 16.5. The number of hydrogen-bond donors (Lipinski definition) is 1. The van der Waals surface area contributed by atoms with E-state index < -0.39 is 0 Å². The molecule has 2 atom stereocenters. The number of hydrogen-bond acceptors (Lipinski definition) is 2. The van der Waals surface area contributed by atoms with Gasteiger partial charge in [0.05, 0.1) is 6.10 Å². The summed E-state index contributed by atoms with van der Waals surface area (Å²) in [5.74, 6) is 0. The van der Waals surface area contributed by atoms with Crippen molar-refractivity contribution in [2.24, 2.45) is 5.41 Å². The van der Waals surface area contributed by atoms with Crippen molar-refractivity contribution in [3.05, 3.63) is 0 Å². The number of rotatable bonds is 4. The van der Waals surface area contributed by atoms with E-state index in [1.807, 2.05) is 7.11 Å². The van der Waals surface area contributed by atoms with Crippen LogP contribution in [0.1, 0.15) is 33.1 Å². The third kappa shape index (κ3) is 1.17. The fourth-order valence-electron chi connectivity index (χ4n) is 2.68. The molecule has 0 saturated heterocycles. The zero-order chi connectivity index (χ0) is 9.19. The summed E-state index contributed by atoms with van der Waals surface area (Å²) < 4.78 is 5.48. The van der Waals surface area contributed by atoms with Crippen molar-refractivity contribution in [3.8, 4) is 0 Å². The van der Waals surface area contributed by atoms with Gasteiger partial charge in [-0.3, -0.25) is 0 Å². The Morgan fingerprint density at radius 3 is 2.33 bits per heavy atom. The maximum atomic E-state index is 5.48. The predicted octanol–water partition coefficient (Wildman–Crippen LogP) is 1.80. The van der Waals surface area contributed by atoms with E-state index >= 15 is 0 Å². The van der Waals surface area contributed by atoms with Crippen LogP contribution in [0.25, 0.3) is 0 Å². The molecule has 72 valence electrons. The molecule has 0 aliphatic heterocycles. The van der Waals surface area contributed by atoms with Crippen molar-refractivity contribution in [2.75, 3.05) is 14.2 Å². The minimum absolute atomic E-state index is 0.406. The highest BCUT2D eigenvalue weighted by Crippen LogP contribution is 2.48. The van der Waals surface area contributed by atoms with Gasteiger partial charge in [-0.2, -0.15) is 0 Å². The number of nitrogens with one attached hydrogen (secondary N) is 1. The molecule has 0 heterocycles. The van der Waals surface area contributed by atoms with E-state index in [4.69, 9.17) is 4.74 Å². The molecule has 1 saturated carbocycles. The van der Waals surface area contributed by atoms with Gasteiger partial charge in [0.25, 0.3) is 0 Å². The van der Waals surface area contributed by atoms with Gasteiger partial charge >= 0.3 is 0 Å². The first-order chi connectivity index (χ1) is 5.75. The Hall–Kier alpha value is -0.0800. The second-order valence-electron chi connectivity index (χ2n) is 3.74. The van der Waals surface area contributed by atoms with Crippen LogP contribution in [0.2, 0.25) is 0 Å². The molecule has 1 aliphatic carbocycles. The number of methoxy groups -OCH3 is 1. The third-order valence-electron chi connectivity index (χ3n) is 3.73. The molecule has 12 heavy (non-hydrogen) atoms. The van der Waals surface area contributed by atoms with Crippen LogP contribution in [0.3, 0.4) is 0 Å². The molecule has 0 radical (unpaired) electrons. The fraction of sp³-hybridized carbons (Fsp3) is 1.00. The Kier molecular flexibility index (Phi) is 3.13. The maximum absolute atomic E-state index is 5.48. The highest BCUT2D eigenvalue weighted by Gasteiger charge is 2.52. The van der Waals surface area contributed by atoms with Crippen molar-refractivity contribution < 1.29 is 4.74 Å². The second kappa shape index (κ2) is 3.75. The number of ether oxygens (including phenoxy) is 1. The smallest absolute Gasteiger partial charge is 0.0657 e. The molecule has 0 unspecified atom stereocenters. The van der Waals surface area contributed by atoms with Gasteiger partial charge in [-0.05, 0) is 26.3 Å². The predicted molar refractivity (Wildman–Crippen MR) is 51.3 cm³/mol. The first-order valence-corrected chi connectivity index (χ1v) is 4.95. The van der Waals surface area contributed by atoms with Crippen LogP contribution >= 0.6 is 0 Å². The SMILES string of the molecule is CCC1(CC)[C@H](NC)C[C@H]1OC.